The van der Waals surface area contributed by atoms with Gasteiger partial charge in [-0.1, -0.05) is 24.3 Å². The summed E-state index contributed by atoms with van der Waals surface area (Å²) < 4.78 is 0. The summed E-state index contributed by atoms with van der Waals surface area (Å²) in [5.74, 6) is 1.16. The van der Waals surface area contributed by atoms with Gasteiger partial charge in [0.1, 0.15) is 0 Å². The molecule has 1 amide bonds. The minimum atomic E-state index is 0. The van der Waals surface area contributed by atoms with Gasteiger partial charge in [0.15, 0.2) is 5.96 Å². The minimum absolute atomic E-state index is 0. The average molecular weight is 511 g/mol. The van der Waals surface area contributed by atoms with Crippen LogP contribution in [0.15, 0.2) is 29.3 Å². The number of likely N-dealkylation sites (tertiary alicyclic amines) is 1. The maximum absolute atomic E-state index is 11.8. The Hall–Kier alpha value is -1.35. The van der Waals surface area contributed by atoms with E-state index in [0.717, 1.165) is 57.8 Å². The van der Waals surface area contributed by atoms with Crippen LogP contribution in [0.5, 0.6) is 0 Å². The van der Waals surface area contributed by atoms with Crippen LogP contribution in [0.1, 0.15) is 30.4 Å². The zero-order valence-electron chi connectivity index (χ0n) is 17.8. The smallest absolute Gasteiger partial charge is 0.220 e. The van der Waals surface area contributed by atoms with E-state index in [-0.39, 0.29) is 40.8 Å². The minimum Gasteiger partial charge on any atom is -0.355 e. The van der Waals surface area contributed by atoms with Crippen molar-refractivity contribution in [3.8, 4) is 0 Å². The standard InChI is InChI=1S/C22H33N5O.HI/c1-23-20(27-10-6-9-21(16-27)13-19(28)24-14-21)25-15-22(26(2)3)11-17-7-4-5-8-18(17)12-22;/h4-5,7-8H,6,9-16H2,1-3H3,(H,23,25)(H,24,28);1H. The van der Waals surface area contributed by atoms with Crippen molar-refractivity contribution in [1.82, 2.24) is 20.4 Å². The first-order valence-electron chi connectivity index (χ1n) is 10.4. The fourth-order valence-electron chi connectivity index (χ4n) is 5.28. The van der Waals surface area contributed by atoms with E-state index >= 15 is 0 Å². The van der Waals surface area contributed by atoms with Crippen molar-refractivity contribution in [1.29, 1.82) is 0 Å². The van der Waals surface area contributed by atoms with E-state index in [4.69, 9.17) is 0 Å². The van der Waals surface area contributed by atoms with Crippen molar-refractivity contribution in [2.45, 2.75) is 37.6 Å². The lowest BCUT2D eigenvalue weighted by atomic mass is 9.79. The highest BCUT2D eigenvalue weighted by Crippen LogP contribution is 2.36. The fourth-order valence-corrected chi connectivity index (χ4v) is 5.28. The summed E-state index contributed by atoms with van der Waals surface area (Å²) in [5.41, 5.74) is 3.06. The lowest BCUT2D eigenvalue weighted by Gasteiger charge is -2.42. The van der Waals surface area contributed by atoms with Gasteiger partial charge in [-0.25, -0.2) is 0 Å². The van der Waals surface area contributed by atoms with Gasteiger partial charge in [-0.05, 0) is 50.9 Å². The van der Waals surface area contributed by atoms with Crippen molar-refractivity contribution >= 4 is 35.8 Å². The van der Waals surface area contributed by atoms with Gasteiger partial charge < -0.3 is 20.4 Å². The molecule has 1 unspecified atom stereocenters. The number of piperidine rings is 1. The third-order valence-electron chi connectivity index (χ3n) is 7.05. The number of aliphatic imine (C=N–C) groups is 1. The normalized spacial score (nSPS) is 25.7. The second-order valence-electron chi connectivity index (χ2n) is 9.12. The van der Waals surface area contributed by atoms with Crippen LogP contribution in [0, 0.1) is 5.41 Å². The number of hydrogen-bond donors (Lipinski definition) is 2. The Balaban J connectivity index is 0.00000240. The molecule has 2 heterocycles. The van der Waals surface area contributed by atoms with Crippen molar-refractivity contribution in [2.24, 2.45) is 10.4 Å². The molecular formula is C22H34IN5O. The highest BCUT2D eigenvalue weighted by molar-refractivity contribution is 14.0. The van der Waals surface area contributed by atoms with E-state index < -0.39 is 0 Å². The maximum Gasteiger partial charge on any atom is 0.220 e. The SMILES string of the molecule is CN=C(NCC1(N(C)C)Cc2ccccc2C1)N1CCCC2(CNC(=O)C2)C1.I. The van der Waals surface area contributed by atoms with Crippen molar-refractivity contribution in [3.63, 3.8) is 0 Å². The van der Waals surface area contributed by atoms with Crippen LogP contribution in [0.25, 0.3) is 0 Å². The molecule has 0 bridgehead atoms. The van der Waals surface area contributed by atoms with E-state index in [1.807, 2.05) is 7.05 Å². The monoisotopic (exact) mass is 511 g/mol. The van der Waals surface area contributed by atoms with Gasteiger partial charge in [0.25, 0.3) is 0 Å². The molecule has 2 N–H and O–H groups in total. The number of nitrogens with zero attached hydrogens (tertiary/aromatic N) is 3. The van der Waals surface area contributed by atoms with Crippen LogP contribution in [0.2, 0.25) is 0 Å². The van der Waals surface area contributed by atoms with E-state index in [0.29, 0.717) is 6.42 Å². The molecule has 29 heavy (non-hydrogen) atoms. The van der Waals surface area contributed by atoms with E-state index in [9.17, 15) is 4.79 Å². The lowest BCUT2D eigenvalue weighted by molar-refractivity contribution is -0.119. The van der Waals surface area contributed by atoms with Gasteiger partial charge in [-0.15, -0.1) is 24.0 Å². The van der Waals surface area contributed by atoms with Crippen LogP contribution in [0.3, 0.4) is 0 Å². The van der Waals surface area contributed by atoms with Crippen LogP contribution < -0.4 is 10.6 Å². The first kappa shape index (κ1) is 22.3. The number of likely N-dealkylation sites (N-methyl/N-ethyl adjacent to an activating group) is 1. The Morgan fingerprint density at radius 3 is 2.48 bits per heavy atom. The zero-order valence-corrected chi connectivity index (χ0v) is 20.2. The lowest BCUT2D eigenvalue weighted by Crippen LogP contribution is -2.57. The Kier molecular flexibility index (Phi) is 6.77. The highest BCUT2D eigenvalue weighted by Gasteiger charge is 2.43. The molecule has 160 valence electrons. The number of carbonyl (C=O) groups is 1. The van der Waals surface area contributed by atoms with Gasteiger partial charge in [-0.2, -0.15) is 0 Å². The number of carbonyl (C=O) groups excluding carboxylic acids is 1. The molecule has 1 aromatic rings. The van der Waals surface area contributed by atoms with Crippen molar-refractivity contribution in [3.05, 3.63) is 35.4 Å². The number of hydrogen-bond acceptors (Lipinski definition) is 3. The third-order valence-corrected chi connectivity index (χ3v) is 7.05. The molecule has 1 spiro atoms. The summed E-state index contributed by atoms with van der Waals surface area (Å²) in [6.45, 7) is 3.57. The Morgan fingerprint density at radius 2 is 1.93 bits per heavy atom. The van der Waals surface area contributed by atoms with Crippen LogP contribution >= 0.6 is 24.0 Å². The summed E-state index contributed by atoms with van der Waals surface area (Å²) in [6, 6.07) is 8.80. The fraction of sp³-hybridized carbons (Fsp3) is 0.636. The summed E-state index contributed by atoms with van der Waals surface area (Å²) >= 11 is 0. The highest BCUT2D eigenvalue weighted by atomic mass is 127. The van der Waals surface area contributed by atoms with Crippen LogP contribution in [-0.4, -0.2) is 74.5 Å². The van der Waals surface area contributed by atoms with E-state index in [1.54, 1.807) is 0 Å². The predicted molar refractivity (Wildman–Crippen MR) is 128 cm³/mol. The molecule has 1 aromatic carbocycles. The Bertz CT molecular complexity index is 755. The summed E-state index contributed by atoms with van der Waals surface area (Å²) in [7, 11) is 6.23. The molecule has 0 saturated carbocycles. The summed E-state index contributed by atoms with van der Waals surface area (Å²) in [6.07, 6.45) is 5.00. The molecule has 2 aliphatic heterocycles. The van der Waals surface area contributed by atoms with Crippen molar-refractivity contribution < 1.29 is 4.79 Å². The quantitative estimate of drug-likeness (QED) is 0.370. The predicted octanol–water partition coefficient (Wildman–Crippen LogP) is 1.88. The number of benzene rings is 1. The number of guanidine groups is 1. The van der Waals surface area contributed by atoms with Gasteiger partial charge in [0, 0.05) is 50.6 Å². The number of halogens is 1. The molecule has 1 atom stereocenters. The molecule has 0 aromatic heterocycles. The molecule has 2 fully saturated rings. The molecular weight excluding hydrogens is 477 g/mol. The van der Waals surface area contributed by atoms with Crippen LogP contribution in [0.4, 0.5) is 0 Å². The van der Waals surface area contributed by atoms with E-state index in [1.165, 1.54) is 11.1 Å². The molecule has 4 rings (SSSR count). The van der Waals surface area contributed by atoms with Gasteiger partial charge >= 0.3 is 0 Å². The number of rotatable bonds is 3. The van der Waals surface area contributed by atoms with Gasteiger partial charge in [0.2, 0.25) is 5.91 Å². The Morgan fingerprint density at radius 1 is 1.24 bits per heavy atom. The van der Waals surface area contributed by atoms with Crippen molar-refractivity contribution in [2.75, 3.05) is 47.3 Å². The second kappa shape index (κ2) is 8.79. The number of amides is 1. The molecule has 0 radical (unpaired) electrons. The molecule has 2 saturated heterocycles. The number of fused-ring (bicyclic) bond motifs is 1. The van der Waals surface area contributed by atoms with E-state index in [2.05, 4.69) is 63.8 Å². The third kappa shape index (κ3) is 4.40. The van der Waals surface area contributed by atoms with Gasteiger partial charge in [0.05, 0.1) is 0 Å². The average Bonchev–Trinajstić information content (AvgIpc) is 3.23. The largest absolute Gasteiger partial charge is 0.355 e. The molecule has 7 heteroatoms. The molecule has 6 nitrogen and oxygen atoms in total. The maximum atomic E-state index is 11.8. The number of nitrogens with one attached hydrogen (secondary N) is 2. The second-order valence-corrected chi connectivity index (χ2v) is 9.12. The summed E-state index contributed by atoms with van der Waals surface area (Å²) in [5, 5.41) is 6.72. The molecule has 3 aliphatic rings. The topological polar surface area (TPSA) is 60.0 Å². The first-order chi connectivity index (χ1) is 13.5. The van der Waals surface area contributed by atoms with Gasteiger partial charge in [-0.3, -0.25) is 9.79 Å². The first-order valence-corrected chi connectivity index (χ1v) is 10.4. The van der Waals surface area contributed by atoms with Crippen LogP contribution in [-0.2, 0) is 17.6 Å². The molecule has 1 aliphatic carbocycles. The zero-order chi connectivity index (χ0) is 19.8. The Labute approximate surface area is 191 Å². The summed E-state index contributed by atoms with van der Waals surface area (Å²) in [4.78, 5) is 21.1.